The van der Waals surface area contributed by atoms with E-state index in [1.165, 1.54) is 0 Å². The number of nitrogens with zero attached hydrogens (tertiary/aromatic N) is 5. The van der Waals surface area contributed by atoms with E-state index in [-0.39, 0.29) is 24.0 Å². The standard InChI is InChI=1S/C21H23N7O.HI/c1-2-22-21(23-12-11-19-27-26-18-10-6-7-13-28(18)19)24-14-17-15-29-20(25-17)16-8-4-3-5-9-16;/h3-10,13,15H,2,11-12,14H2,1H3,(H2,22,23,24);1H. The number of aromatic nitrogens is 4. The van der Waals surface area contributed by atoms with Crippen molar-refractivity contribution in [2.75, 3.05) is 13.1 Å². The molecule has 4 rings (SSSR count). The Balaban J connectivity index is 0.00000256. The second-order valence-corrected chi connectivity index (χ2v) is 6.43. The van der Waals surface area contributed by atoms with E-state index < -0.39 is 0 Å². The summed E-state index contributed by atoms with van der Waals surface area (Å²) in [6, 6.07) is 15.7. The average Bonchev–Trinajstić information content (AvgIpc) is 3.40. The van der Waals surface area contributed by atoms with Crippen molar-refractivity contribution in [1.82, 2.24) is 30.2 Å². The number of nitrogens with one attached hydrogen (secondary N) is 2. The van der Waals surface area contributed by atoms with Gasteiger partial charge < -0.3 is 15.1 Å². The molecule has 0 saturated heterocycles. The number of halogens is 1. The van der Waals surface area contributed by atoms with Crippen LogP contribution in [0.15, 0.2) is 70.4 Å². The van der Waals surface area contributed by atoms with Crippen LogP contribution in [0.25, 0.3) is 17.1 Å². The molecule has 0 unspecified atom stereocenters. The van der Waals surface area contributed by atoms with Crippen LogP contribution >= 0.6 is 24.0 Å². The summed E-state index contributed by atoms with van der Waals surface area (Å²) in [7, 11) is 0. The van der Waals surface area contributed by atoms with Gasteiger partial charge in [0, 0.05) is 31.3 Å². The lowest BCUT2D eigenvalue weighted by Gasteiger charge is -2.10. The number of fused-ring (bicyclic) bond motifs is 1. The number of rotatable bonds is 7. The zero-order valence-corrected chi connectivity index (χ0v) is 19.0. The first-order valence-corrected chi connectivity index (χ1v) is 9.64. The van der Waals surface area contributed by atoms with E-state index in [9.17, 15) is 0 Å². The highest BCUT2D eigenvalue weighted by Crippen LogP contribution is 2.18. The van der Waals surface area contributed by atoms with Crippen LogP contribution in [0.3, 0.4) is 0 Å². The molecule has 0 aliphatic rings. The molecule has 0 radical (unpaired) electrons. The van der Waals surface area contributed by atoms with Crippen LogP contribution in [-0.4, -0.2) is 38.6 Å². The molecule has 0 saturated carbocycles. The molecule has 3 aromatic heterocycles. The number of guanidine groups is 1. The summed E-state index contributed by atoms with van der Waals surface area (Å²) >= 11 is 0. The lowest BCUT2D eigenvalue weighted by molar-refractivity contribution is 0.572. The monoisotopic (exact) mass is 517 g/mol. The summed E-state index contributed by atoms with van der Waals surface area (Å²) in [5.74, 6) is 2.24. The fourth-order valence-corrected chi connectivity index (χ4v) is 2.95. The number of oxazole rings is 1. The van der Waals surface area contributed by atoms with Gasteiger partial charge in [0.05, 0.1) is 6.54 Å². The van der Waals surface area contributed by atoms with Crippen LogP contribution in [-0.2, 0) is 13.0 Å². The van der Waals surface area contributed by atoms with Crippen molar-refractivity contribution in [2.45, 2.75) is 19.9 Å². The molecule has 156 valence electrons. The largest absolute Gasteiger partial charge is 0.444 e. The van der Waals surface area contributed by atoms with Crippen molar-refractivity contribution >= 4 is 35.6 Å². The fourth-order valence-electron chi connectivity index (χ4n) is 2.95. The normalized spacial score (nSPS) is 11.3. The van der Waals surface area contributed by atoms with E-state index in [2.05, 4.69) is 30.8 Å². The number of hydrogen-bond donors (Lipinski definition) is 2. The van der Waals surface area contributed by atoms with Gasteiger partial charge in [-0.2, -0.15) is 0 Å². The van der Waals surface area contributed by atoms with E-state index in [1.54, 1.807) is 6.26 Å². The summed E-state index contributed by atoms with van der Waals surface area (Å²) in [4.78, 5) is 9.12. The van der Waals surface area contributed by atoms with E-state index in [1.807, 2.05) is 66.1 Å². The third-order valence-electron chi connectivity index (χ3n) is 4.34. The predicted octanol–water partition coefficient (Wildman–Crippen LogP) is 3.30. The molecule has 3 heterocycles. The Hall–Kier alpha value is -2.95. The molecule has 0 bridgehead atoms. The first kappa shape index (κ1) is 21.8. The smallest absolute Gasteiger partial charge is 0.226 e. The Bertz CT molecular complexity index is 1090. The Morgan fingerprint density at radius 1 is 1.07 bits per heavy atom. The summed E-state index contributed by atoms with van der Waals surface area (Å²) in [6.07, 6.45) is 4.36. The van der Waals surface area contributed by atoms with Gasteiger partial charge in [-0.3, -0.25) is 4.40 Å². The highest BCUT2D eigenvalue weighted by molar-refractivity contribution is 14.0. The van der Waals surface area contributed by atoms with Gasteiger partial charge in [0.25, 0.3) is 0 Å². The van der Waals surface area contributed by atoms with Crippen molar-refractivity contribution in [3.8, 4) is 11.5 Å². The molecular formula is C21H24IN7O. The first-order valence-electron chi connectivity index (χ1n) is 9.64. The van der Waals surface area contributed by atoms with Gasteiger partial charge in [0.15, 0.2) is 11.6 Å². The van der Waals surface area contributed by atoms with Crippen molar-refractivity contribution in [1.29, 1.82) is 0 Å². The number of hydrogen-bond acceptors (Lipinski definition) is 5. The quantitative estimate of drug-likeness (QED) is 0.222. The molecule has 2 N–H and O–H groups in total. The number of pyridine rings is 1. The maximum absolute atomic E-state index is 5.57. The summed E-state index contributed by atoms with van der Waals surface area (Å²) < 4.78 is 7.57. The van der Waals surface area contributed by atoms with Crippen LogP contribution in [0.1, 0.15) is 18.4 Å². The molecule has 9 heteroatoms. The minimum absolute atomic E-state index is 0. The van der Waals surface area contributed by atoms with E-state index in [4.69, 9.17) is 4.42 Å². The summed E-state index contributed by atoms with van der Waals surface area (Å²) in [5, 5.41) is 15.0. The minimum atomic E-state index is 0. The molecule has 0 aliphatic carbocycles. The Morgan fingerprint density at radius 3 is 2.73 bits per heavy atom. The van der Waals surface area contributed by atoms with Crippen LogP contribution in [0.4, 0.5) is 0 Å². The van der Waals surface area contributed by atoms with Crippen molar-refractivity contribution in [3.05, 3.63) is 72.5 Å². The molecule has 0 atom stereocenters. The van der Waals surface area contributed by atoms with Crippen LogP contribution in [0.5, 0.6) is 0 Å². The molecule has 0 amide bonds. The molecular weight excluding hydrogens is 493 g/mol. The van der Waals surface area contributed by atoms with Gasteiger partial charge in [-0.15, -0.1) is 34.2 Å². The predicted molar refractivity (Wildman–Crippen MR) is 127 cm³/mol. The van der Waals surface area contributed by atoms with Gasteiger partial charge in [-0.05, 0) is 31.2 Å². The Kier molecular flexibility index (Phi) is 7.77. The maximum atomic E-state index is 5.57. The van der Waals surface area contributed by atoms with Gasteiger partial charge in [0.2, 0.25) is 5.89 Å². The molecule has 0 aliphatic heterocycles. The van der Waals surface area contributed by atoms with Crippen LogP contribution in [0.2, 0.25) is 0 Å². The van der Waals surface area contributed by atoms with E-state index in [0.717, 1.165) is 41.7 Å². The topological polar surface area (TPSA) is 92.6 Å². The third-order valence-corrected chi connectivity index (χ3v) is 4.34. The number of benzene rings is 1. The van der Waals surface area contributed by atoms with Crippen LogP contribution < -0.4 is 10.6 Å². The molecule has 1 aromatic carbocycles. The second-order valence-electron chi connectivity index (χ2n) is 6.43. The van der Waals surface area contributed by atoms with Gasteiger partial charge in [-0.1, -0.05) is 24.3 Å². The lowest BCUT2D eigenvalue weighted by Crippen LogP contribution is -2.38. The average molecular weight is 517 g/mol. The first-order chi connectivity index (χ1) is 14.3. The van der Waals surface area contributed by atoms with Crippen molar-refractivity contribution in [3.63, 3.8) is 0 Å². The Morgan fingerprint density at radius 2 is 1.90 bits per heavy atom. The highest BCUT2D eigenvalue weighted by Gasteiger charge is 2.07. The van der Waals surface area contributed by atoms with Crippen LogP contribution in [0, 0.1) is 0 Å². The van der Waals surface area contributed by atoms with Crippen molar-refractivity contribution < 1.29 is 4.42 Å². The van der Waals surface area contributed by atoms with Crippen molar-refractivity contribution in [2.24, 2.45) is 4.99 Å². The maximum Gasteiger partial charge on any atom is 0.226 e. The second kappa shape index (κ2) is 10.7. The minimum Gasteiger partial charge on any atom is -0.444 e. The van der Waals surface area contributed by atoms with E-state index in [0.29, 0.717) is 19.0 Å². The van der Waals surface area contributed by atoms with E-state index >= 15 is 0 Å². The summed E-state index contributed by atoms with van der Waals surface area (Å²) in [6.45, 7) is 3.93. The lowest BCUT2D eigenvalue weighted by atomic mass is 10.2. The Labute approximate surface area is 191 Å². The summed E-state index contributed by atoms with van der Waals surface area (Å²) in [5.41, 5.74) is 2.58. The van der Waals surface area contributed by atoms with Gasteiger partial charge in [0.1, 0.15) is 17.8 Å². The zero-order valence-electron chi connectivity index (χ0n) is 16.7. The molecule has 30 heavy (non-hydrogen) atoms. The molecule has 0 spiro atoms. The fraction of sp³-hybridized carbons (Fsp3) is 0.238. The van der Waals surface area contributed by atoms with Gasteiger partial charge >= 0.3 is 0 Å². The molecule has 0 fully saturated rings. The van der Waals surface area contributed by atoms with Gasteiger partial charge in [-0.25, -0.2) is 9.98 Å². The highest BCUT2D eigenvalue weighted by atomic mass is 127. The SMILES string of the molecule is CCNC(=NCc1coc(-c2ccccc2)n1)NCCc1nnc2ccccn12.I. The number of aliphatic imine (C=N–C) groups is 1. The molecule has 8 nitrogen and oxygen atoms in total. The molecule has 4 aromatic rings. The zero-order chi connectivity index (χ0) is 19.9. The third kappa shape index (κ3) is 5.35.